The lowest BCUT2D eigenvalue weighted by Gasteiger charge is -2.27. The fourth-order valence-corrected chi connectivity index (χ4v) is 4.34. The lowest BCUT2D eigenvalue weighted by molar-refractivity contribution is -0.121. The van der Waals surface area contributed by atoms with Gasteiger partial charge >= 0.3 is 0 Å². The number of rotatable bonds is 7. The molecule has 0 radical (unpaired) electrons. The molecule has 3 aromatic heterocycles. The van der Waals surface area contributed by atoms with Gasteiger partial charge in [0, 0.05) is 23.2 Å². The third-order valence-corrected chi connectivity index (χ3v) is 6.50. The number of H-pyrrole nitrogens is 1. The van der Waals surface area contributed by atoms with Crippen LogP contribution in [-0.2, 0) is 4.79 Å². The number of nitrogens with one attached hydrogen (secondary N) is 2. The monoisotopic (exact) mass is 437 g/mol. The third kappa shape index (κ3) is 4.69. The number of aromatic amines is 1. The summed E-state index contributed by atoms with van der Waals surface area (Å²) in [4.78, 5) is 32.6. The fourth-order valence-electron chi connectivity index (χ4n) is 4.34. The Hall–Kier alpha value is -3.16. The predicted octanol–water partition coefficient (Wildman–Crippen LogP) is 4.77. The van der Waals surface area contributed by atoms with Crippen LogP contribution in [0.15, 0.2) is 33.7 Å². The summed E-state index contributed by atoms with van der Waals surface area (Å²) >= 11 is 0. The maximum atomic E-state index is 13.1. The molecule has 1 fully saturated rings. The lowest BCUT2D eigenvalue weighted by atomic mass is 9.79. The minimum Gasteiger partial charge on any atom is -0.463 e. The first kappa shape index (κ1) is 22.0. The van der Waals surface area contributed by atoms with Gasteiger partial charge in [-0.15, -0.1) is 0 Å². The highest BCUT2D eigenvalue weighted by atomic mass is 16.3. The zero-order valence-electron chi connectivity index (χ0n) is 19.0. The molecule has 8 nitrogen and oxygen atoms in total. The van der Waals surface area contributed by atoms with Crippen molar-refractivity contribution in [3.05, 3.63) is 46.1 Å². The van der Waals surface area contributed by atoms with E-state index in [2.05, 4.69) is 27.3 Å². The molecule has 0 unspecified atom stereocenters. The lowest BCUT2D eigenvalue weighted by Crippen LogP contribution is -2.28. The molecule has 0 aromatic carbocycles. The topological polar surface area (TPSA) is 106 Å². The minimum atomic E-state index is -0.231. The second-order valence-electron chi connectivity index (χ2n) is 8.75. The van der Waals surface area contributed by atoms with Gasteiger partial charge in [-0.25, -0.2) is 4.98 Å². The van der Waals surface area contributed by atoms with Crippen molar-refractivity contribution < 1.29 is 9.21 Å². The standard InChI is InChI=1S/C24H31N5O3/c1-4-5-7-17-9-11-18(12-10-17)23(31)26-21-14-19(20-8-6-13-32-20)28-29(21)24-25-16(3)15(2)22(30)27-24/h6,8,13-14,17-18H,4-5,7,9-12H2,1-3H3,(H,26,31)(H,25,27,30). The van der Waals surface area contributed by atoms with Crippen molar-refractivity contribution in [2.75, 3.05) is 5.32 Å². The predicted molar refractivity (Wildman–Crippen MR) is 123 cm³/mol. The van der Waals surface area contributed by atoms with Crippen molar-refractivity contribution in [1.29, 1.82) is 0 Å². The van der Waals surface area contributed by atoms with Gasteiger partial charge in [-0.05, 0) is 57.6 Å². The molecule has 1 saturated carbocycles. The van der Waals surface area contributed by atoms with Gasteiger partial charge in [-0.3, -0.25) is 14.6 Å². The number of nitrogens with zero attached hydrogens (tertiary/aromatic N) is 3. The fraction of sp³-hybridized carbons (Fsp3) is 0.500. The molecule has 1 aliphatic rings. The van der Waals surface area contributed by atoms with Crippen LogP contribution in [0.3, 0.4) is 0 Å². The summed E-state index contributed by atoms with van der Waals surface area (Å²) in [6.07, 6.45) is 9.31. The molecule has 0 saturated heterocycles. The Morgan fingerprint density at radius 3 is 2.72 bits per heavy atom. The van der Waals surface area contributed by atoms with Crippen LogP contribution in [0.5, 0.6) is 0 Å². The van der Waals surface area contributed by atoms with Gasteiger partial charge in [0.15, 0.2) is 5.76 Å². The maximum absolute atomic E-state index is 13.1. The molecule has 0 aliphatic heterocycles. The molecule has 3 heterocycles. The summed E-state index contributed by atoms with van der Waals surface area (Å²) in [5, 5.41) is 7.58. The summed E-state index contributed by atoms with van der Waals surface area (Å²) in [6.45, 7) is 5.72. The van der Waals surface area contributed by atoms with Crippen LogP contribution in [-0.4, -0.2) is 25.7 Å². The van der Waals surface area contributed by atoms with Gasteiger partial charge in [0.05, 0.1) is 6.26 Å². The summed E-state index contributed by atoms with van der Waals surface area (Å²) in [6, 6.07) is 5.32. The first-order chi connectivity index (χ1) is 15.5. The van der Waals surface area contributed by atoms with Gasteiger partial charge in [-0.2, -0.15) is 9.78 Å². The van der Waals surface area contributed by atoms with Crippen LogP contribution in [0.25, 0.3) is 17.4 Å². The number of carbonyl (C=O) groups is 1. The molecule has 1 amide bonds. The Morgan fingerprint density at radius 1 is 1.28 bits per heavy atom. The number of furan rings is 1. The normalized spacial score (nSPS) is 18.6. The molecule has 8 heteroatoms. The van der Waals surface area contributed by atoms with Crippen molar-refractivity contribution in [3.8, 4) is 17.4 Å². The van der Waals surface area contributed by atoms with E-state index in [0.717, 1.165) is 31.6 Å². The van der Waals surface area contributed by atoms with E-state index < -0.39 is 0 Å². The molecule has 2 N–H and O–H groups in total. The molecule has 3 aromatic rings. The first-order valence-corrected chi connectivity index (χ1v) is 11.5. The number of amides is 1. The highest BCUT2D eigenvalue weighted by Gasteiger charge is 2.27. The minimum absolute atomic E-state index is 0.0164. The second kappa shape index (κ2) is 9.54. The Balaban J connectivity index is 1.58. The first-order valence-electron chi connectivity index (χ1n) is 11.5. The second-order valence-corrected chi connectivity index (χ2v) is 8.75. The van der Waals surface area contributed by atoms with E-state index in [1.165, 1.54) is 23.9 Å². The summed E-state index contributed by atoms with van der Waals surface area (Å²) in [5.74, 6) is 1.99. The molecule has 0 atom stereocenters. The number of hydrogen-bond donors (Lipinski definition) is 2. The number of hydrogen-bond acceptors (Lipinski definition) is 5. The number of aryl methyl sites for hydroxylation is 1. The quantitative estimate of drug-likeness (QED) is 0.554. The van der Waals surface area contributed by atoms with E-state index in [9.17, 15) is 9.59 Å². The summed E-state index contributed by atoms with van der Waals surface area (Å²) in [5.41, 5.74) is 1.48. The number of anilines is 1. The Bertz CT molecular complexity index is 1120. The van der Waals surface area contributed by atoms with Crippen molar-refractivity contribution in [2.24, 2.45) is 11.8 Å². The Kier molecular flexibility index (Phi) is 6.58. The van der Waals surface area contributed by atoms with Crippen LogP contribution in [0.4, 0.5) is 5.82 Å². The van der Waals surface area contributed by atoms with E-state index in [4.69, 9.17) is 4.42 Å². The average Bonchev–Trinajstić information content (AvgIpc) is 3.46. The molecule has 1 aliphatic carbocycles. The highest BCUT2D eigenvalue weighted by molar-refractivity contribution is 5.92. The molecule has 32 heavy (non-hydrogen) atoms. The summed E-state index contributed by atoms with van der Waals surface area (Å²) < 4.78 is 6.94. The smallest absolute Gasteiger partial charge is 0.255 e. The van der Waals surface area contributed by atoms with Crippen LogP contribution < -0.4 is 10.9 Å². The maximum Gasteiger partial charge on any atom is 0.255 e. The van der Waals surface area contributed by atoms with Crippen LogP contribution in [0.2, 0.25) is 0 Å². The largest absolute Gasteiger partial charge is 0.463 e. The third-order valence-electron chi connectivity index (χ3n) is 6.50. The van der Waals surface area contributed by atoms with Gasteiger partial charge in [0.2, 0.25) is 11.9 Å². The van der Waals surface area contributed by atoms with Crippen molar-refractivity contribution in [2.45, 2.75) is 65.7 Å². The van der Waals surface area contributed by atoms with Crippen LogP contribution >= 0.6 is 0 Å². The van der Waals surface area contributed by atoms with Gasteiger partial charge in [0.1, 0.15) is 11.5 Å². The zero-order chi connectivity index (χ0) is 22.7. The number of unbranched alkanes of at least 4 members (excludes halogenated alkanes) is 1. The zero-order valence-corrected chi connectivity index (χ0v) is 19.0. The molecular weight excluding hydrogens is 406 g/mol. The van der Waals surface area contributed by atoms with Gasteiger partial charge in [0.25, 0.3) is 5.56 Å². The van der Waals surface area contributed by atoms with E-state index in [1.54, 1.807) is 38.3 Å². The Morgan fingerprint density at radius 2 is 2.06 bits per heavy atom. The molecule has 170 valence electrons. The molecule has 0 bridgehead atoms. The number of aromatic nitrogens is 4. The van der Waals surface area contributed by atoms with E-state index in [0.29, 0.717) is 28.5 Å². The van der Waals surface area contributed by atoms with Crippen LogP contribution in [0, 0.1) is 25.7 Å². The van der Waals surface area contributed by atoms with Crippen LogP contribution in [0.1, 0.15) is 63.1 Å². The highest BCUT2D eigenvalue weighted by Crippen LogP contribution is 2.33. The molecule has 4 rings (SSSR count). The van der Waals surface area contributed by atoms with E-state index in [1.807, 2.05) is 0 Å². The van der Waals surface area contributed by atoms with Crippen molar-refractivity contribution in [3.63, 3.8) is 0 Å². The SMILES string of the molecule is CCCCC1CCC(C(=O)Nc2cc(-c3ccco3)nn2-c2nc(C)c(C)c(=O)[nH]2)CC1. The molecular formula is C24H31N5O3. The number of carbonyl (C=O) groups excluding carboxylic acids is 1. The van der Waals surface area contributed by atoms with E-state index in [-0.39, 0.29) is 23.3 Å². The average molecular weight is 438 g/mol. The van der Waals surface area contributed by atoms with E-state index >= 15 is 0 Å². The molecule has 0 spiro atoms. The van der Waals surface area contributed by atoms with Gasteiger partial charge in [-0.1, -0.05) is 26.2 Å². The van der Waals surface area contributed by atoms with Crippen molar-refractivity contribution >= 4 is 11.7 Å². The Labute approximate surface area is 187 Å². The van der Waals surface area contributed by atoms with Crippen molar-refractivity contribution in [1.82, 2.24) is 19.7 Å². The van der Waals surface area contributed by atoms with Gasteiger partial charge < -0.3 is 9.73 Å². The summed E-state index contributed by atoms with van der Waals surface area (Å²) in [7, 11) is 0.